The van der Waals surface area contributed by atoms with Gasteiger partial charge in [0.15, 0.2) is 35.9 Å². The molecule has 3 fully saturated rings. The summed E-state index contributed by atoms with van der Waals surface area (Å²) < 4.78 is 68.7. The second kappa shape index (κ2) is 14.2. The predicted molar refractivity (Wildman–Crippen MR) is 184 cm³/mol. The van der Waals surface area contributed by atoms with Crippen LogP contribution in [0.1, 0.15) is 54.2 Å². The second-order valence-corrected chi connectivity index (χ2v) is 18.2. The van der Waals surface area contributed by atoms with Crippen LogP contribution in [-0.2, 0) is 50.4 Å². The fourth-order valence-electron chi connectivity index (χ4n) is 7.31. The van der Waals surface area contributed by atoms with Gasteiger partial charge in [0.2, 0.25) is 0 Å². The van der Waals surface area contributed by atoms with E-state index < -0.39 is 76.7 Å². The zero-order valence-corrected chi connectivity index (χ0v) is 30.4. The molecule has 8 heterocycles. The largest absolute Gasteiger partial charge is 0.396 e. The van der Waals surface area contributed by atoms with Gasteiger partial charge in [-0.25, -0.2) is 24.3 Å². The van der Waals surface area contributed by atoms with E-state index in [1.165, 1.54) is 23.9 Å². The molecule has 0 aliphatic carbocycles. The zero-order chi connectivity index (χ0) is 36.4. The number of aliphatic hydroxyl groups is 2. The summed E-state index contributed by atoms with van der Waals surface area (Å²) in [7, 11) is -4.10. The number of aryl methyl sites for hydroxylation is 1. The first-order valence-electron chi connectivity index (χ1n) is 17.0. The Balaban J connectivity index is 1.08. The van der Waals surface area contributed by atoms with Crippen LogP contribution in [0.3, 0.4) is 0 Å². The summed E-state index contributed by atoms with van der Waals surface area (Å²) in [5.74, 6) is 0.253. The van der Waals surface area contributed by atoms with Gasteiger partial charge in [-0.15, -0.1) is 0 Å². The quantitative estimate of drug-likeness (QED) is 0.273. The van der Waals surface area contributed by atoms with E-state index in [4.69, 9.17) is 39.4 Å². The molecule has 3 saturated heterocycles. The van der Waals surface area contributed by atoms with Crippen LogP contribution in [0, 0.1) is 5.92 Å². The van der Waals surface area contributed by atoms with Crippen molar-refractivity contribution in [2.45, 2.75) is 81.3 Å². The van der Waals surface area contributed by atoms with Crippen LogP contribution in [0.4, 0.5) is 16.0 Å². The molecule has 0 spiro atoms. The van der Waals surface area contributed by atoms with Gasteiger partial charge < -0.3 is 43.5 Å². The molecule has 18 nitrogen and oxygen atoms in total. The maximum Gasteiger partial charge on any atom is 0.328 e. The monoisotopic (exact) mass is 785 g/mol. The molecule has 2 bridgehead atoms. The van der Waals surface area contributed by atoms with Crippen molar-refractivity contribution in [3.05, 3.63) is 30.1 Å². The fraction of sp³-hybridized carbons (Fsp3) is 0.633. The van der Waals surface area contributed by atoms with E-state index in [0.717, 1.165) is 23.9 Å². The number of nitrogens with zero attached hydrogens (tertiary/aromatic N) is 6. The summed E-state index contributed by atoms with van der Waals surface area (Å²) >= 11 is 5.30. The lowest BCUT2D eigenvalue weighted by Crippen LogP contribution is -2.35. The van der Waals surface area contributed by atoms with Crippen molar-refractivity contribution in [2.75, 3.05) is 38.3 Å². The number of alkyl halides is 1. The number of ketones is 1. The summed E-state index contributed by atoms with van der Waals surface area (Å²) in [4.78, 5) is 41.8. The number of nitrogens with one attached hydrogen (secondary N) is 1. The van der Waals surface area contributed by atoms with E-state index in [-0.39, 0.29) is 36.2 Å². The van der Waals surface area contributed by atoms with E-state index in [9.17, 15) is 24.5 Å². The Bertz CT molecular complexity index is 1980. The van der Waals surface area contributed by atoms with Crippen molar-refractivity contribution in [1.29, 1.82) is 0 Å². The fourth-order valence-corrected chi connectivity index (χ4v) is 9.89. The third-order valence-corrected chi connectivity index (χ3v) is 12.6. The number of fused-ring (bicyclic) bond motifs is 4. The molecule has 11 atom stereocenters. The Kier molecular flexibility index (Phi) is 9.97. The van der Waals surface area contributed by atoms with Gasteiger partial charge >= 0.3 is 14.3 Å². The third-order valence-electron chi connectivity index (χ3n) is 9.79. The van der Waals surface area contributed by atoms with E-state index in [0.29, 0.717) is 30.7 Å². The average molecular weight is 786 g/mol. The molecule has 22 heteroatoms. The second-order valence-electron chi connectivity index (χ2n) is 13.4. The molecule has 8 rings (SSSR count). The standard InChI is InChI=1S/C30H38FN7O11P2S/c1-50(42)44-12-19-24(21(31)29(47-19)37-10-16-5-2-6-32-26-20(16)27(37)35-13-34-26)49-51(43,52)45-11-18-23(41)25(48-50)30(46-18)38-14-36-22-17(40)8-15(4-3-7-39)9-33-28(22)38/h9-10,13-15,18-19,21,23-25,29-30,39,41H,2-8,11-12H2,1H3,(H,43,52)(H,32,34,35)/t15?,18-,19-,21-,23-,24-,25-,29-,30-,50-,51?/m1/s1. The van der Waals surface area contributed by atoms with Gasteiger partial charge in [0.05, 0.1) is 24.9 Å². The molecule has 3 aromatic rings. The Morgan fingerprint density at radius 1 is 1.10 bits per heavy atom. The number of ether oxygens (including phenoxy) is 2. The first kappa shape index (κ1) is 36.4. The van der Waals surface area contributed by atoms with E-state index in [1.54, 1.807) is 17.0 Å². The Hall–Kier alpha value is -2.58. The third kappa shape index (κ3) is 6.82. The molecule has 0 aromatic carbocycles. The minimum atomic E-state index is -4.24. The SMILES string of the molecule is C[P@@]1(=O)OC[C@H]2O[C@@H](n3cc4c5c(ncnc53)NCCC4)[C@H](F)[C@@H]2OP(O)(=S)OC[C@H]2O[C@@H](n3cnc4c3N=CC(CCCO)CC4=O)[C@H](O1)[C@@H]2O. The number of anilines is 1. The molecule has 4 N–H and O–H groups in total. The minimum absolute atomic E-state index is 0.0280. The van der Waals surface area contributed by atoms with Crippen LogP contribution in [0.25, 0.3) is 11.0 Å². The first-order chi connectivity index (χ1) is 24.9. The van der Waals surface area contributed by atoms with Crippen molar-refractivity contribution in [3.63, 3.8) is 0 Å². The number of hydrogen-bond donors (Lipinski definition) is 4. The van der Waals surface area contributed by atoms with Crippen LogP contribution in [-0.4, -0.2) is 121 Å². The number of hydrogen-bond acceptors (Lipinski definition) is 16. The van der Waals surface area contributed by atoms with E-state index >= 15 is 4.39 Å². The zero-order valence-electron chi connectivity index (χ0n) is 27.8. The number of Topliss-reactive ketones (excluding diaryl/α,β-unsaturated/α-hetero) is 1. The van der Waals surface area contributed by atoms with E-state index in [2.05, 4.69) is 25.3 Å². The van der Waals surface area contributed by atoms with Crippen molar-refractivity contribution in [1.82, 2.24) is 24.1 Å². The molecule has 3 aromatic heterocycles. The summed E-state index contributed by atoms with van der Waals surface area (Å²) in [5, 5.41) is 24.6. The highest BCUT2D eigenvalue weighted by atomic mass is 32.5. The Morgan fingerprint density at radius 3 is 2.73 bits per heavy atom. The molecular formula is C30H38FN7O11P2S. The van der Waals surface area contributed by atoms with Gasteiger partial charge in [-0.3, -0.25) is 23.0 Å². The number of carbonyl (C=O) groups is 1. The number of aromatic nitrogens is 5. The summed E-state index contributed by atoms with van der Waals surface area (Å²) in [6.45, 7) is -3.42. The molecular weight excluding hydrogens is 747 g/mol. The van der Waals surface area contributed by atoms with Crippen molar-refractivity contribution >= 4 is 60.8 Å². The van der Waals surface area contributed by atoms with Gasteiger partial charge in [-0.2, -0.15) is 0 Å². The lowest BCUT2D eigenvalue weighted by atomic mass is 9.98. The van der Waals surface area contributed by atoms with Crippen LogP contribution in [0.15, 0.2) is 23.8 Å². The van der Waals surface area contributed by atoms with Crippen LogP contribution < -0.4 is 5.32 Å². The molecule has 2 unspecified atom stereocenters. The van der Waals surface area contributed by atoms with Gasteiger partial charge in [0, 0.05) is 44.6 Å². The molecule has 0 saturated carbocycles. The first-order valence-corrected chi connectivity index (χ1v) is 21.5. The summed E-state index contributed by atoms with van der Waals surface area (Å²) in [5.41, 5.74) is 1.41. The van der Waals surface area contributed by atoms with Crippen LogP contribution in [0.2, 0.25) is 0 Å². The van der Waals surface area contributed by atoms with Crippen LogP contribution >= 0.6 is 14.3 Å². The molecule has 0 amide bonds. The van der Waals surface area contributed by atoms with Crippen molar-refractivity contribution in [3.8, 4) is 0 Å². The minimum Gasteiger partial charge on any atom is -0.396 e. The van der Waals surface area contributed by atoms with Gasteiger partial charge in [-0.1, -0.05) is 0 Å². The highest BCUT2D eigenvalue weighted by molar-refractivity contribution is 8.07. The van der Waals surface area contributed by atoms with Crippen molar-refractivity contribution < 1.29 is 56.4 Å². The van der Waals surface area contributed by atoms with Gasteiger partial charge in [-0.05, 0) is 43.1 Å². The number of rotatable bonds is 5. The average Bonchev–Trinajstić information content (AvgIpc) is 3.78. The predicted octanol–water partition coefficient (Wildman–Crippen LogP) is 2.71. The van der Waals surface area contributed by atoms with Gasteiger partial charge in [0.1, 0.15) is 48.3 Å². The normalized spacial score (nSPS) is 38.0. The lowest BCUT2D eigenvalue weighted by Gasteiger charge is -2.27. The van der Waals surface area contributed by atoms with Crippen LogP contribution in [0.5, 0.6) is 0 Å². The number of imidazole rings is 1. The number of carbonyl (C=O) groups excluding carboxylic acids is 1. The van der Waals surface area contributed by atoms with Gasteiger partial charge in [0.25, 0.3) is 0 Å². The smallest absolute Gasteiger partial charge is 0.328 e. The highest BCUT2D eigenvalue weighted by Gasteiger charge is 2.53. The van der Waals surface area contributed by atoms with Crippen molar-refractivity contribution in [2.24, 2.45) is 10.9 Å². The topological polar surface area (TPSA) is 223 Å². The highest BCUT2D eigenvalue weighted by Crippen LogP contribution is 2.55. The number of aliphatic imine (C=N–C) groups is 1. The number of halogens is 1. The maximum atomic E-state index is 16.5. The number of aliphatic hydroxyl groups excluding tert-OH is 2. The molecule has 5 aliphatic rings. The van der Waals surface area contributed by atoms with E-state index in [1.807, 2.05) is 0 Å². The molecule has 282 valence electrons. The summed E-state index contributed by atoms with van der Waals surface area (Å²) in [6, 6.07) is 0. The molecule has 0 radical (unpaired) electrons. The maximum absolute atomic E-state index is 16.5. The lowest BCUT2D eigenvalue weighted by molar-refractivity contribution is -0.0598. The molecule has 5 aliphatic heterocycles. The summed E-state index contributed by atoms with van der Waals surface area (Å²) in [6.07, 6.45) is -2.65. The Labute approximate surface area is 301 Å². The Morgan fingerprint density at radius 2 is 1.90 bits per heavy atom. The molecule has 52 heavy (non-hydrogen) atoms.